The lowest BCUT2D eigenvalue weighted by atomic mass is 9.89. The number of carbonyl (C=O) groups excluding carboxylic acids is 1. The van der Waals surface area contributed by atoms with Gasteiger partial charge in [-0.25, -0.2) is 9.18 Å². The topological polar surface area (TPSA) is 47.6 Å². The summed E-state index contributed by atoms with van der Waals surface area (Å²) in [5.74, 6) is -1.39. The van der Waals surface area contributed by atoms with Crippen LogP contribution < -0.4 is 10.1 Å². The maximum Gasteiger partial charge on any atom is 0.419 e. The Balaban J connectivity index is 1.85. The average Bonchev–Trinajstić information content (AvgIpc) is 2.34. The second-order valence-electron chi connectivity index (χ2n) is 6.69. The number of alkyl halides is 3. The van der Waals surface area contributed by atoms with Crippen molar-refractivity contribution in [2.45, 2.75) is 57.5 Å². The van der Waals surface area contributed by atoms with E-state index in [0.29, 0.717) is 18.9 Å². The summed E-state index contributed by atoms with van der Waals surface area (Å²) in [6.45, 7) is 5.23. The number of alkyl carbamates (subject to hydrolysis) is 1. The van der Waals surface area contributed by atoms with Crippen LogP contribution in [0.25, 0.3) is 0 Å². The summed E-state index contributed by atoms with van der Waals surface area (Å²) in [5, 5.41) is 2.65. The van der Waals surface area contributed by atoms with Crippen molar-refractivity contribution < 1.29 is 31.8 Å². The molecule has 8 heteroatoms. The first-order valence-corrected chi connectivity index (χ1v) is 7.47. The van der Waals surface area contributed by atoms with Crippen LogP contribution in [0.2, 0.25) is 0 Å². The summed E-state index contributed by atoms with van der Waals surface area (Å²) in [7, 11) is 0. The third-order valence-corrected chi connectivity index (χ3v) is 3.36. The van der Waals surface area contributed by atoms with Crippen molar-refractivity contribution in [3.8, 4) is 5.75 Å². The summed E-state index contributed by atoms with van der Waals surface area (Å²) < 4.78 is 61.6. The van der Waals surface area contributed by atoms with Crippen LogP contribution in [0, 0.1) is 5.82 Å². The zero-order chi connectivity index (χ0) is 18.1. The van der Waals surface area contributed by atoms with Crippen molar-refractivity contribution in [3.63, 3.8) is 0 Å². The molecule has 0 bridgehead atoms. The van der Waals surface area contributed by atoms with Gasteiger partial charge in [0, 0.05) is 18.9 Å². The van der Waals surface area contributed by atoms with Gasteiger partial charge in [0.1, 0.15) is 23.3 Å². The first-order valence-electron chi connectivity index (χ1n) is 7.47. The predicted octanol–water partition coefficient (Wildman–Crippen LogP) is 4.28. The van der Waals surface area contributed by atoms with E-state index in [0.717, 1.165) is 12.1 Å². The number of nitrogens with one attached hydrogen (secondary N) is 1. The highest BCUT2D eigenvalue weighted by atomic mass is 19.4. The van der Waals surface area contributed by atoms with Crippen LogP contribution in [-0.4, -0.2) is 23.8 Å². The molecule has 0 aliphatic heterocycles. The number of carbonyl (C=O) groups is 1. The Morgan fingerprint density at radius 1 is 1.21 bits per heavy atom. The number of hydrogen-bond donors (Lipinski definition) is 1. The van der Waals surface area contributed by atoms with Crippen molar-refractivity contribution in [2.75, 3.05) is 0 Å². The Morgan fingerprint density at radius 2 is 1.83 bits per heavy atom. The molecule has 0 radical (unpaired) electrons. The zero-order valence-electron chi connectivity index (χ0n) is 13.5. The third-order valence-electron chi connectivity index (χ3n) is 3.36. The lowest BCUT2D eigenvalue weighted by Crippen LogP contribution is -2.50. The normalized spacial score (nSPS) is 21.0. The summed E-state index contributed by atoms with van der Waals surface area (Å²) in [4.78, 5) is 11.6. The molecule has 1 N–H and O–H groups in total. The third kappa shape index (κ3) is 5.01. The van der Waals surface area contributed by atoms with Gasteiger partial charge in [0.25, 0.3) is 0 Å². The first kappa shape index (κ1) is 18.4. The Bertz CT molecular complexity index is 604. The van der Waals surface area contributed by atoms with E-state index in [2.05, 4.69) is 5.32 Å². The standard InChI is InChI=1S/C16H19F4NO3/c1-15(2,3)24-14(22)21-9-6-11(7-9)23-10-4-5-13(17)12(8-10)16(18,19)20/h4-5,8-9,11H,6-7H2,1-3H3,(H,21,22). The van der Waals surface area contributed by atoms with E-state index >= 15 is 0 Å². The number of halogens is 4. The van der Waals surface area contributed by atoms with E-state index in [1.54, 1.807) is 20.8 Å². The molecule has 0 spiro atoms. The summed E-state index contributed by atoms with van der Waals surface area (Å²) in [6.07, 6.45) is -4.77. The maximum atomic E-state index is 13.2. The van der Waals surface area contributed by atoms with Gasteiger partial charge in [0.15, 0.2) is 0 Å². The van der Waals surface area contributed by atoms with E-state index in [-0.39, 0.29) is 17.9 Å². The maximum absolute atomic E-state index is 13.2. The molecule has 0 aromatic heterocycles. The molecular formula is C16H19F4NO3. The molecule has 1 aromatic rings. The van der Waals surface area contributed by atoms with E-state index in [9.17, 15) is 22.4 Å². The van der Waals surface area contributed by atoms with Crippen LogP contribution in [0.5, 0.6) is 5.75 Å². The minimum atomic E-state index is -4.77. The van der Waals surface area contributed by atoms with Crippen LogP contribution in [-0.2, 0) is 10.9 Å². The fraction of sp³-hybridized carbons (Fsp3) is 0.562. The molecule has 134 valence electrons. The van der Waals surface area contributed by atoms with Crippen molar-refractivity contribution in [3.05, 3.63) is 29.6 Å². The van der Waals surface area contributed by atoms with Crippen molar-refractivity contribution >= 4 is 6.09 Å². The molecule has 24 heavy (non-hydrogen) atoms. The first-order chi connectivity index (χ1) is 10.9. The molecule has 0 unspecified atom stereocenters. The van der Waals surface area contributed by atoms with Crippen LogP contribution in [0.4, 0.5) is 22.4 Å². The Labute approximate surface area is 137 Å². The molecule has 4 nitrogen and oxygen atoms in total. The number of amides is 1. The van der Waals surface area contributed by atoms with Gasteiger partial charge in [-0.3, -0.25) is 0 Å². The van der Waals surface area contributed by atoms with Crippen LogP contribution >= 0.6 is 0 Å². The van der Waals surface area contributed by atoms with Gasteiger partial charge in [-0.2, -0.15) is 13.2 Å². The monoisotopic (exact) mass is 349 g/mol. The minimum absolute atomic E-state index is 0.0514. The van der Waals surface area contributed by atoms with Gasteiger partial charge in [0.2, 0.25) is 0 Å². The molecule has 2 rings (SSSR count). The molecule has 0 atom stereocenters. The molecular weight excluding hydrogens is 330 g/mol. The smallest absolute Gasteiger partial charge is 0.419 e. The van der Waals surface area contributed by atoms with Crippen molar-refractivity contribution in [2.24, 2.45) is 0 Å². The Morgan fingerprint density at radius 3 is 2.38 bits per heavy atom. The molecule has 0 heterocycles. The van der Waals surface area contributed by atoms with Crippen LogP contribution in [0.1, 0.15) is 39.2 Å². The lowest BCUT2D eigenvalue weighted by Gasteiger charge is -2.36. The second-order valence-corrected chi connectivity index (χ2v) is 6.69. The average molecular weight is 349 g/mol. The predicted molar refractivity (Wildman–Crippen MR) is 78.2 cm³/mol. The Kier molecular flexibility index (Phi) is 4.96. The summed E-state index contributed by atoms with van der Waals surface area (Å²) in [6, 6.07) is 2.36. The molecule has 1 amide bonds. The number of rotatable bonds is 3. The van der Waals surface area contributed by atoms with Gasteiger partial charge in [-0.15, -0.1) is 0 Å². The van der Waals surface area contributed by atoms with Gasteiger partial charge in [-0.05, 0) is 39.0 Å². The van der Waals surface area contributed by atoms with Gasteiger partial charge in [0.05, 0.1) is 5.56 Å². The minimum Gasteiger partial charge on any atom is -0.490 e. The highest BCUT2D eigenvalue weighted by molar-refractivity contribution is 5.68. The summed E-state index contributed by atoms with van der Waals surface area (Å²) >= 11 is 0. The largest absolute Gasteiger partial charge is 0.490 e. The van der Waals surface area contributed by atoms with Crippen LogP contribution in [0.3, 0.4) is 0 Å². The van der Waals surface area contributed by atoms with E-state index in [1.165, 1.54) is 0 Å². The molecule has 1 fully saturated rings. The summed E-state index contributed by atoms with van der Waals surface area (Å²) in [5.41, 5.74) is -1.96. The number of hydrogen-bond acceptors (Lipinski definition) is 3. The Hall–Kier alpha value is -1.99. The van der Waals surface area contributed by atoms with Gasteiger partial charge in [-0.1, -0.05) is 0 Å². The van der Waals surface area contributed by atoms with E-state index in [4.69, 9.17) is 9.47 Å². The molecule has 0 saturated heterocycles. The van der Waals surface area contributed by atoms with Gasteiger partial charge < -0.3 is 14.8 Å². The highest BCUT2D eigenvalue weighted by Crippen LogP contribution is 2.35. The van der Waals surface area contributed by atoms with Crippen LogP contribution in [0.15, 0.2) is 18.2 Å². The van der Waals surface area contributed by atoms with E-state index < -0.39 is 29.3 Å². The molecule has 1 aliphatic carbocycles. The fourth-order valence-electron chi connectivity index (χ4n) is 2.24. The van der Waals surface area contributed by atoms with E-state index in [1.807, 2.05) is 0 Å². The quantitative estimate of drug-likeness (QED) is 0.829. The van der Waals surface area contributed by atoms with Crippen molar-refractivity contribution in [1.82, 2.24) is 5.32 Å². The lowest BCUT2D eigenvalue weighted by molar-refractivity contribution is -0.140. The number of ether oxygens (including phenoxy) is 2. The molecule has 1 aliphatic rings. The number of benzene rings is 1. The molecule has 1 saturated carbocycles. The molecule has 1 aromatic carbocycles. The zero-order valence-corrected chi connectivity index (χ0v) is 13.5. The SMILES string of the molecule is CC(C)(C)OC(=O)NC1CC(Oc2ccc(F)c(C(F)(F)F)c2)C1. The highest BCUT2D eigenvalue weighted by Gasteiger charge is 2.36. The van der Waals surface area contributed by atoms with Crippen molar-refractivity contribution in [1.29, 1.82) is 0 Å². The fourth-order valence-corrected chi connectivity index (χ4v) is 2.24. The van der Waals surface area contributed by atoms with Gasteiger partial charge >= 0.3 is 12.3 Å². The second kappa shape index (κ2) is 6.49.